The molecule has 0 unspecified atom stereocenters. The van der Waals surface area contributed by atoms with E-state index in [0.717, 1.165) is 42.9 Å². The number of carbonyl (C=O) groups is 2. The summed E-state index contributed by atoms with van der Waals surface area (Å²) >= 11 is 0. The predicted octanol–water partition coefficient (Wildman–Crippen LogP) is 2.85. The topological polar surface area (TPSA) is 88.1 Å². The third kappa shape index (κ3) is 5.83. The Labute approximate surface area is 207 Å². The molecule has 0 N–H and O–H groups in total. The van der Waals surface area contributed by atoms with Crippen molar-refractivity contribution in [1.82, 2.24) is 20.0 Å². The first-order valence-corrected chi connectivity index (χ1v) is 12.3. The minimum absolute atomic E-state index is 0.0285. The van der Waals surface area contributed by atoms with Crippen molar-refractivity contribution in [2.75, 3.05) is 51.8 Å². The van der Waals surface area contributed by atoms with Crippen molar-refractivity contribution in [1.29, 1.82) is 0 Å². The lowest BCUT2D eigenvalue weighted by molar-refractivity contribution is -0.142. The molecule has 35 heavy (non-hydrogen) atoms. The molecule has 2 amide bonds. The first-order chi connectivity index (χ1) is 16.9. The van der Waals surface area contributed by atoms with E-state index >= 15 is 0 Å². The van der Waals surface area contributed by atoms with Gasteiger partial charge in [-0.25, -0.2) is 0 Å². The number of carbonyl (C=O) groups excluding carboxylic acids is 2. The van der Waals surface area contributed by atoms with Crippen LogP contribution in [0.15, 0.2) is 30.3 Å². The minimum atomic E-state index is -0.0949. The molecule has 1 saturated heterocycles. The Morgan fingerprint density at radius 1 is 1.03 bits per heavy atom. The molecule has 1 saturated carbocycles. The van der Waals surface area contributed by atoms with Crippen LogP contribution < -0.4 is 14.4 Å². The Hall–Kier alpha value is -3.36. The minimum Gasteiger partial charge on any atom is -0.497 e. The molecule has 0 spiro atoms. The molecule has 2 heterocycles. The second-order valence-electron chi connectivity index (χ2n) is 9.42. The van der Waals surface area contributed by atoms with Crippen LogP contribution in [-0.2, 0) is 9.59 Å². The Morgan fingerprint density at radius 2 is 1.83 bits per heavy atom. The highest BCUT2D eigenvalue weighted by atomic mass is 16.5. The number of hydrogen-bond donors (Lipinski definition) is 0. The van der Waals surface area contributed by atoms with Crippen LogP contribution >= 0.6 is 0 Å². The Kier molecular flexibility index (Phi) is 7.73. The molecule has 1 aromatic heterocycles. The van der Waals surface area contributed by atoms with E-state index in [2.05, 4.69) is 15.1 Å². The summed E-state index contributed by atoms with van der Waals surface area (Å²) in [5.74, 6) is 2.17. The van der Waals surface area contributed by atoms with E-state index in [9.17, 15) is 9.59 Å². The summed E-state index contributed by atoms with van der Waals surface area (Å²) in [7, 11) is 3.24. The molecular formula is C26H35N5O4. The molecule has 0 radical (unpaired) electrons. The third-order valence-corrected chi connectivity index (χ3v) is 6.58. The standard InChI is InChI=1S/C26H35N5O4/c1-18(2)26(33)31(19-6-7-19)17-25(32)30-13-5-12-29(14-15-30)24-11-10-22(27-28-24)21-9-8-20(34-3)16-23(21)35-4/h8-11,16,18-19H,5-7,12-15,17H2,1-4H3. The van der Waals surface area contributed by atoms with E-state index < -0.39 is 0 Å². The maximum atomic E-state index is 13.0. The number of nitrogens with zero attached hydrogens (tertiary/aromatic N) is 5. The lowest BCUT2D eigenvalue weighted by Crippen LogP contribution is -2.46. The van der Waals surface area contributed by atoms with Crippen molar-refractivity contribution in [3.8, 4) is 22.8 Å². The van der Waals surface area contributed by atoms with E-state index in [1.165, 1.54) is 0 Å². The predicted molar refractivity (Wildman–Crippen MR) is 134 cm³/mol. The van der Waals surface area contributed by atoms with E-state index in [-0.39, 0.29) is 30.3 Å². The van der Waals surface area contributed by atoms with Crippen LogP contribution in [0.4, 0.5) is 5.82 Å². The number of aromatic nitrogens is 2. The lowest BCUT2D eigenvalue weighted by Gasteiger charge is -2.28. The van der Waals surface area contributed by atoms with Crippen LogP contribution in [0.25, 0.3) is 11.3 Å². The highest BCUT2D eigenvalue weighted by molar-refractivity contribution is 5.86. The number of methoxy groups -OCH3 is 2. The number of amides is 2. The largest absolute Gasteiger partial charge is 0.497 e. The molecule has 1 aliphatic heterocycles. The molecule has 188 valence electrons. The first-order valence-electron chi connectivity index (χ1n) is 12.3. The molecule has 0 atom stereocenters. The second kappa shape index (κ2) is 10.9. The summed E-state index contributed by atoms with van der Waals surface area (Å²) < 4.78 is 10.8. The molecule has 2 aromatic rings. The van der Waals surface area contributed by atoms with Gasteiger partial charge in [-0.05, 0) is 43.5 Å². The molecule has 9 heteroatoms. The summed E-state index contributed by atoms with van der Waals surface area (Å²) in [5.41, 5.74) is 1.56. The summed E-state index contributed by atoms with van der Waals surface area (Å²) in [5, 5.41) is 8.90. The maximum Gasteiger partial charge on any atom is 0.242 e. The SMILES string of the molecule is COc1ccc(-c2ccc(N3CCCN(C(=O)CN(C(=O)C(C)C)C4CC4)CC3)nn2)c(OC)c1. The number of anilines is 1. The van der Waals surface area contributed by atoms with Gasteiger partial charge in [0.15, 0.2) is 5.82 Å². The zero-order chi connectivity index (χ0) is 24.9. The molecule has 4 rings (SSSR count). The molecular weight excluding hydrogens is 446 g/mol. The highest BCUT2D eigenvalue weighted by Gasteiger charge is 2.35. The van der Waals surface area contributed by atoms with Gasteiger partial charge in [0.05, 0.1) is 19.9 Å². The molecule has 0 bridgehead atoms. The zero-order valence-electron chi connectivity index (χ0n) is 21.1. The normalized spacial score (nSPS) is 16.1. The Balaban J connectivity index is 1.39. The average Bonchev–Trinajstić information content (AvgIpc) is 3.73. The van der Waals surface area contributed by atoms with Gasteiger partial charge in [-0.3, -0.25) is 9.59 Å². The van der Waals surface area contributed by atoms with Gasteiger partial charge in [-0.15, -0.1) is 10.2 Å². The smallest absolute Gasteiger partial charge is 0.242 e. The van der Waals surface area contributed by atoms with E-state index in [0.29, 0.717) is 31.1 Å². The summed E-state index contributed by atoms with van der Waals surface area (Å²) in [4.78, 5) is 31.4. The van der Waals surface area contributed by atoms with Crippen LogP contribution in [-0.4, -0.2) is 84.8 Å². The summed E-state index contributed by atoms with van der Waals surface area (Å²) in [6.45, 7) is 6.71. The summed E-state index contributed by atoms with van der Waals surface area (Å²) in [6.07, 6.45) is 2.83. The molecule has 9 nitrogen and oxygen atoms in total. The fourth-order valence-electron chi connectivity index (χ4n) is 4.39. The third-order valence-electron chi connectivity index (χ3n) is 6.58. The van der Waals surface area contributed by atoms with E-state index in [1.54, 1.807) is 19.1 Å². The molecule has 2 aliphatic rings. The van der Waals surface area contributed by atoms with Gasteiger partial charge < -0.3 is 24.2 Å². The molecule has 1 aromatic carbocycles. The highest BCUT2D eigenvalue weighted by Crippen LogP contribution is 2.32. The van der Waals surface area contributed by atoms with E-state index in [4.69, 9.17) is 9.47 Å². The Morgan fingerprint density at radius 3 is 2.46 bits per heavy atom. The van der Waals surface area contributed by atoms with Crippen LogP contribution in [0.1, 0.15) is 33.1 Å². The summed E-state index contributed by atoms with van der Waals surface area (Å²) in [6, 6.07) is 9.73. The quantitative estimate of drug-likeness (QED) is 0.573. The van der Waals surface area contributed by atoms with Crippen molar-refractivity contribution in [3.63, 3.8) is 0 Å². The molecule has 1 aliphatic carbocycles. The van der Waals surface area contributed by atoms with Gasteiger partial charge in [0.2, 0.25) is 11.8 Å². The van der Waals surface area contributed by atoms with Crippen molar-refractivity contribution >= 4 is 17.6 Å². The average molecular weight is 482 g/mol. The van der Waals surface area contributed by atoms with Gasteiger partial charge in [0.25, 0.3) is 0 Å². The number of rotatable bonds is 8. The lowest BCUT2D eigenvalue weighted by atomic mass is 10.1. The fourth-order valence-corrected chi connectivity index (χ4v) is 4.39. The monoisotopic (exact) mass is 481 g/mol. The van der Waals surface area contributed by atoms with Crippen LogP contribution in [0.5, 0.6) is 11.5 Å². The number of ether oxygens (including phenoxy) is 2. The number of hydrogen-bond acceptors (Lipinski definition) is 7. The maximum absolute atomic E-state index is 13.0. The van der Waals surface area contributed by atoms with Gasteiger partial charge in [-0.1, -0.05) is 13.8 Å². The van der Waals surface area contributed by atoms with Crippen molar-refractivity contribution in [2.45, 2.75) is 39.2 Å². The molecule has 2 fully saturated rings. The number of benzene rings is 1. The zero-order valence-corrected chi connectivity index (χ0v) is 21.1. The first kappa shape index (κ1) is 24.8. The van der Waals surface area contributed by atoms with Crippen LogP contribution in [0, 0.1) is 5.92 Å². The van der Waals surface area contributed by atoms with Crippen molar-refractivity contribution in [3.05, 3.63) is 30.3 Å². The van der Waals surface area contributed by atoms with Crippen LogP contribution in [0.3, 0.4) is 0 Å². The second-order valence-corrected chi connectivity index (χ2v) is 9.42. The van der Waals surface area contributed by atoms with Gasteiger partial charge in [0.1, 0.15) is 18.0 Å². The van der Waals surface area contributed by atoms with Crippen molar-refractivity contribution < 1.29 is 19.1 Å². The van der Waals surface area contributed by atoms with Crippen LogP contribution in [0.2, 0.25) is 0 Å². The Bertz CT molecular complexity index is 1040. The van der Waals surface area contributed by atoms with Gasteiger partial charge >= 0.3 is 0 Å². The van der Waals surface area contributed by atoms with Gasteiger partial charge in [0, 0.05) is 49.8 Å². The van der Waals surface area contributed by atoms with Crippen molar-refractivity contribution in [2.24, 2.45) is 5.92 Å². The fraction of sp³-hybridized carbons (Fsp3) is 0.538. The van der Waals surface area contributed by atoms with E-state index in [1.807, 2.05) is 49.1 Å². The van der Waals surface area contributed by atoms with Gasteiger partial charge in [-0.2, -0.15) is 0 Å².